The summed E-state index contributed by atoms with van der Waals surface area (Å²) >= 11 is 0. The maximum Gasteiger partial charge on any atom is 0.326 e. The van der Waals surface area contributed by atoms with E-state index >= 15 is 0 Å². The van der Waals surface area contributed by atoms with Crippen molar-refractivity contribution in [1.82, 2.24) is 4.90 Å². The van der Waals surface area contributed by atoms with Gasteiger partial charge in [-0.2, -0.15) is 0 Å². The zero-order valence-electron chi connectivity index (χ0n) is 11.0. The summed E-state index contributed by atoms with van der Waals surface area (Å²) in [5.74, 6) is -1.84. The largest absolute Gasteiger partial charge is 0.480 e. The molecule has 0 bridgehead atoms. The van der Waals surface area contributed by atoms with E-state index in [2.05, 4.69) is 0 Å². The standard InChI is InChI=1S/C14H17FN2O3/c15-11-4-2-1-3-10(11)6-12(14(19)20)17-8-9(7-16)5-13(17)18/h1-4,9,12H,5-8,16H2,(H,19,20)/t9?,12-/m1/s1. The Morgan fingerprint density at radius 3 is 2.75 bits per heavy atom. The van der Waals surface area contributed by atoms with Gasteiger partial charge < -0.3 is 15.7 Å². The Morgan fingerprint density at radius 2 is 2.20 bits per heavy atom. The molecular formula is C14H17FN2O3. The van der Waals surface area contributed by atoms with E-state index in [0.717, 1.165) is 0 Å². The van der Waals surface area contributed by atoms with Crippen LogP contribution in [0.3, 0.4) is 0 Å². The quantitative estimate of drug-likeness (QED) is 0.828. The number of rotatable bonds is 5. The van der Waals surface area contributed by atoms with Crippen LogP contribution < -0.4 is 5.73 Å². The lowest BCUT2D eigenvalue weighted by Gasteiger charge is -2.25. The van der Waals surface area contributed by atoms with Gasteiger partial charge in [-0.1, -0.05) is 18.2 Å². The fraction of sp³-hybridized carbons (Fsp3) is 0.429. The maximum atomic E-state index is 13.6. The van der Waals surface area contributed by atoms with E-state index in [0.29, 0.717) is 18.7 Å². The van der Waals surface area contributed by atoms with Crippen LogP contribution in [0, 0.1) is 11.7 Å². The Kier molecular flexibility index (Phi) is 4.34. The molecule has 0 aromatic heterocycles. The van der Waals surface area contributed by atoms with Gasteiger partial charge in [0.1, 0.15) is 11.9 Å². The monoisotopic (exact) mass is 280 g/mol. The molecule has 2 rings (SSSR count). The smallest absolute Gasteiger partial charge is 0.326 e. The number of halogens is 1. The van der Waals surface area contributed by atoms with E-state index in [1.54, 1.807) is 12.1 Å². The van der Waals surface area contributed by atoms with Crippen LogP contribution in [-0.4, -0.2) is 41.0 Å². The molecule has 1 aliphatic rings. The summed E-state index contributed by atoms with van der Waals surface area (Å²) in [5.41, 5.74) is 5.82. The SMILES string of the molecule is NCC1CC(=O)N([C@H](Cc2ccccc2F)C(=O)O)C1. The lowest BCUT2D eigenvalue weighted by atomic mass is 10.0. The molecule has 108 valence electrons. The first-order valence-electron chi connectivity index (χ1n) is 6.48. The predicted octanol–water partition coefficient (Wildman–Crippen LogP) is 0.629. The van der Waals surface area contributed by atoms with E-state index in [1.165, 1.54) is 17.0 Å². The van der Waals surface area contributed by atoms with Gasteiger partial charge in [-0.15, -0.1) is 0 Å². The van der Waals surface area contributed by atoms with Crippen LogP contribution in [0.5, 0.6) is 0 Å². The Bertz CT molecular complexity index is 521. The van der Waals surface area contributed by atoms with Crippen molar-refractivity contribution >= 4 is 11.9 Å². The molecule has 2 atom stereocenters. The summed E-state index contributed by atoms with van der Waals surface area (Å²) in [6.45, 7) is 0.662. The van der Waals surface area contributed by atoms with Gasteiger partial charge in [0.15, 0.2) is 0 Å². The molecule has 20 heavy (non-hydrogen) atoms. The van der Waals surface area contributed by atoms with Crippen LogP contribution >= 0.6 is 0 Å². The minimum absolute atomic E-state index is 0.0232. The van der Waals surface area contributed by atoms with Crippen LogP contribution in [0.4, 0.5) is 4.39 Å². The summed E-state index contributed by atoms with van der Waals surface area (Å²) in [6, 6.07) is 4.96. The van der Waals surface area contributed by atoms with Crippen molar-refractivity contribution < 1.29 is 19.1 Å². The molecule has 3 N–H and O–H groups in total. The minimum Gasteiger partial charge on any atom is -0.480 e. The average molecular weight is 280 g/mol. The number of carbonyl (C=O) groups is 2. The summed E-state index contributed by atoms with van der Waals surface area (Å²) in [5, 5.41) is 9.32. The fourth-order valence-electron chi connectivity index (χ4n) is 2.47. The van der Waals surface area contributed by atoms with Crippen molar-refractivity contribution in [3.05, 3.63) is 35.6 Å². The third kappa shape index (κ3) is 2.96. The second kappa shape index (κ2) is 6.00. The van der Waals surface area contributed by atoms with Gasteiger partial charge in [0.25, 0.3) is 0 Å². The van der Waals surface area contributed by atoms with Crippen LogP contribution in [0.1, 0.15) is 12.0 Å². The molecule has 0 saturated carbocycles. The molecule has 1 aliphatic heterocycles. The number of likely N-dealkylation sites (tertiary alicyclic amines) is 1. The Balaban J connectivity index is 2.18. The highest BCUT2D eigenvalue weighted by Crippen LogP contribution is 2.22. The number of carboxylic acids is 1. The van der Waals surface area contributed by atoms with E-state index in [4.69, 9.17) is 5.73 Å². The number of amides is 1. The predicted molar refractivity (Wildman–Crippen MR) is 70.4 cm³/mol. The van der Waals surface area contributed by atoms with Crippen LogP contribution in [0.2, 0.25) is 0 Å². The summed E-state index contributed by atoms with van der Waals surface area (Å²) in [4.78, 5) is 24.6. The van der Waals surface area contributed by atoms with Crippen molar-refractivity contribution in [2.75, 3.05) is 13.1 Å². The average Bonchev–Trinajstić information content (AvgIpc) is 2.78. The van der Waals surface area contributed by atoms with Gasteiger partial charge in [-0.3, -0.25) is 4.79 Å². The van der Waals surface area contributed by atoms with Crippen molar-refractivity contribution in [2.24, 2.45) is 11.7 Å². The topological polar surface area (TPSA) is 83.6 Å². The second-order valence-corrected chi connectivity index (χ2v) is 5.00. The Morgan fingerprint density at radius 1 is 1.50 bits per heavy atom. The third-order valence-corrected chi connectivity index (χ3v) is 3.60. The number of carbonyl (C=O) groups excluding carboxylic acids is 1. The van der Waals surface area contributed by atoms with Gasteiger partial charge in [0.2, 0.25) is 5.91 Å². The highest BCUT2D eigenvalue weighted by molar-refractivity contribution is 5.85. The first-order valence-corrected chi connectivity index (χ1v) is 6.48. The fourth-order valence-corrected chi connectivity index (χ4v) is 2.47. The molecular weight excluding hydrogens is 263 g/mol. The number of nitrogens with two attached hydrogens (primary N) is 1. The molecule has 1 amide bonds. The molecule has 0 spiro atoms. The first-order chi connectivity index (χ1) is 9.52. The highest BCUT2D eigenvalue weighted by Gasteiger charge is 2.37. The molecule has 0 aliphatic carbocycles. The Hall–Kier alpha value is -1.95. The molecule has 5 nitrogen and oxygen atoms in total. The zero-order valence-corrected chi connectivity index (χ0v) is 11.0. The molecule has 1 fully saturated rings. The van der Waals surface area contributed by atoms with Gasteiger partial charge in [-0.05, 0) is 24.1 Å². The number of hydrogen-bond donors (Lipinski definition) is 2. The number of aliphatic carboxylic acids is 1. The molecule has 6 heteroatoms. The molecule has 1 unspecified atom stereocenters. The number of benzene rings is 1. The minimum atomic E-state index is -1.13. The van der Waals surface area contributed by atoms with E-state index in [9.17, 15) is 19.1 Å². The van der Waals surface area contributed by atoms with Gasteiger partial charge in [0.05, 0.1) is 0 Å². The molecule has 0 radical (unpaired) electrons. The van der Waals surface area contributed by atoms with Crippen molar-refractivity contribution in [3.63, 3.8) is 0 Å². The molecule has 1 aromatic carbocycles. The van der Waals surface area contributed by atoms with Gasteiger partial charge in [0, 0.05) is 19.4 Å². The van der Waals surface area contributed by atoms with Crippen LogP contribution in [0.15, 0.2) is 24.3 Å². The summed E-state index contributed by atoms with van der Waals surface area (Å²) in [7, 11) is 0. The second-order valence-electron chi connectivity index (χ2n) is 5.00. The van der Waals surface area contributed by atoms with E-state index in [1.807, 2.05) is 0 Å². The number of carboxylic acid groups (broad SMARTS) is 1. The third-order valence-electron chi connectivity index (χ3n) is 3.60. The normalized spacial score (nSPS) is 20.2. The maximum absolute atomic E-state index is 13.6. The van der Waals surface area contributed by atoms with E-state index < -0.39 is 17.8 Å². The van der Waals surface area contributed by atoms with Gasteiger partial charge in [-0.25, -0.2) is 9.18 Å². The molecule has 1 heterocycles. The lowest BCUT2D eigenvalue weighted by Crippen LogP contribution is -2.44. The van der Waals surface area contributed by atoms with Crippen molar-refractivity contribution in [3.8, 4) is 0 Å². The first kappa shape index (κ1) is 14.5. The van der Waals surface area contributed by atoms with Crippen LogP contribution in [0.25, 0.3) is 0 Å². The highest BCUT2D eigenvalue weighted by atomic mass is 19.1. The van der Waals surface area contributed by atoms with Crippen LogP contribution in [-0.2, 0) is 16.0 Å². The lowest BCUT2D eigenvalue weighted by molar-refractivity contribution is -0.148. The zero-order chi connectivity index (χ0) is 14.7. The Labute approximate surface area is 116 Å². The number of nitrogens with zero attached hydrogens (tertiary/aromatic N) is 1. The van der Waals surface area contributed by atoms with Gasteiger partial charge >= 0.3 is 5.97 Å². The van der Waals surface area contributed by atoms with Crippen molar-refractivity contribution in [2.45, 2.75) is 18.9 Å². The molecule has 1 aromatic rings. The van der Waals surface area contributed by atoms with E-state index in [-0.39, 0.29) is 24.7 Å². The molecule has 1 saturated heterocycles. The summed E-state index contributed by atoms with van der Waals surface area (Å²) in [6.07, 6.45) is 0.225. The number of hydrogen-bond acceptors (Lipinski definition) is 3. The summed E-state index contributed by atoms with van der Waals surface area (Å²) < 4.78 is 13.6. The van der Waals surface area contributed by atoms with Crippen molar-refractivity contribution in [1.29, 1.82) is 0 Å².